The fraction of sp³-hybridized carbons (Fsp3) is 0.562. The number of Topliss-reactive ketones (excluding diaryl/α,β-unsaturated/α-hetero) is 1. The molecule has 3 heteroatoms. The van der Waals surface area contributed by atoms with Crippen molar-refractivity contribution in [2.75, 3.05) is 0 Å². The van der Waals surface area contributed by atoms with E-state index in [2.05, 4.69) is 0 Å². The highest BCUT2D eigenvalue weighted by atomic mass is 19.1. The Morgan fingerprint density at radius 1 is 1.37 bits per heavy atom. The van der Waals surface area contributed by atoms with Crippen molar-refractivity contribution in [3.63, 3.8) is 0 Å². The van der Waals surface area contributed by atoms with Gasteiger partial charge in [0.2, 0.25) is 0 Å². The smallest absolute Gasteiger partial charge is 0.142 e. The molecule has 1 aromatic carbocycles. The van der Waals surface area contributed by atoms with Crippen LogP contribution in [-0.2, 0) is 11.2 Å². The Kier molecular flexibility index (Phi) is 3.17. The maximum atomic E-state index is 13.3. The minimum atomic E-state index is -0.273. The molecule has 19 heavy (non-hydrogen) atoms. The Hall–Kier alpha value is -1.22. The summed E-state index contributed by atoms with van der Waals surface area (Å²) in [5.74, 6) is 0.939. The van der Waals surface area contributed by atoms with Crippen molar-refractivity contribution in [1.29, 1.82) is 0 Å². The van der Waals surface area contributed by atoms with E-state index in [9.17, 15) is 9.18 Å². The van der Waals surface area contributed by atoms with Crippen LogP contribution in [0.1, 0.15) is 30.4 Å². The molecule has 0 aliphatic heterocycles. The number of rotatable bonds is 3. The van der Waals surface area contributed by atoms with Gasteiger partial charge in [0.25, 0.3) is 0 Å². The molecule has 2 aliphatic carbocycles. The molecule has 0 spiro atoms. The zero-order chi connectivity index (χ0) is 13.6. The van der Waals surface area contributed by atoms with E-state index < -0.39 is 0 Å². The minimum absolute atomic E-state index is 0.00131. The lowest BCUT2D eigenvalue weighted by Gasteiger charge is -2.27. The molecule has 2 nitrogen and oxygen atoms in total. The molecule has 2 fully saturated rings. The number of benzene rings is 1. The summed E-state index contributed by atoms with van der Waals surface area (Å²) in [6, 6.07) is 4.68. The lowest BCUT2D eigenvalue weighted by Crippen LogP contribution is -2.40. The predicted molar refractivity (Wildman–Crippen MR) is 72.1 cm³/mol. The summed E-state index contributed by atoms with van der Waals surface area (Å²) in [5.41, 5.74) is 7.98. The van der Waals surface area contributed by atoms with Crippen LogP contribution in [0.2, 0.25) is 0 Å². The number of fused-ring (bicyclic) bond motifs is 2. The number of hydrogen-bond donors (Lipinski definition) is 1. The van der Waals surface area contributed by atoms with Gasteiger partial charge in [0.1, 0.15) is 11.6 Å². The van der Waals surface area contributed by atoms with E-state index in [0.29, 0.717) is 18.3 Å². The molecular weight excluding hydrogens is 241 g/mol. The Balaban J connectivity index is 1.77. The first-order chi connectivity index (χ1) is 9.06. The second kappa shape index (κ2) is 4.71. The van der Waals surface area contributed by atoms with Crippen LogP contribution < -0.4 is 5.73 Å². The monoisotopic (exact) mass is 261 g/mol. The largest absolute Gasteiger partial charge is 0.327 e. The number of carbonyl (C=O) groups is 1. The number of carbonyl (C=O) groups excluding carboxylic acids is 1. The van der Waals surface area contributed by atoms with Crippen molar-refractivity contribution >= 4 is 5.78 Å². The molecule has 2 N–H and O–H groups in total. The van der Waals surface area contributed by atoms with Gasteiger partial charge in [-0.2, -0.15) is 0 Å². The molecule has 1 aromatic rings. The summed E-state index contributed by atoms with van der Waals surface area (Å²) in [7, 11) is 0. The summed E-state index contributed by atoms with van der Waals surface area (Å²) >= 11 is 0. The SMILES string of the molecule is Cc1ccc(F)cc1CC(=O)C1C2CCC(C2)C1N. The highest BCUT2D eigenvalue weighted by Gasteiger charge is 2.48. The second-order valence-electron chi connectivity index (χ2n) is 6.15. The van der Waals surface area contributed by atoms with Gasteiger partial charge in [-0.3, -0.25) is 4.79 Å². The number of ketones is 1. The first-order valence-corrected chi connectivity index (χ1v) is 7.09. The third-order valence-electron chi connectivity index (χ3n) is 5.03. The van der Waals surface area contributed by atoms with E-state index in [1.807, 2.05) is 6.92 Å². The van der Waals surface area contributed by atoms with Crippen LogP contribution in [0, 0.1) is 30.5 Å². The van der Waals surface area contributed by atoms with Crippen molar-refractivity contribution < 1.29 is 9.18 Å². The Bertz CT molecular complexity index is 511. The zero-order valence-corrected chi connectivity index (χ0v) is 11.2. The molecule has 0 heterocycles. The van der Waals surface area contributed by atoms with Gasteiger partial charge < -0.3 is 5.73 Å². The molecule has 2 bridgehead atoms. The second-order valence-corrected chi connectivity index (χ2v) is 6.15. The molecule has 4 atom stereocenters. The molecule has 0 amide bonds. The van der Waals surface area contributed by atoms with Crippen molar-refractivity contribution in [2.24, 2.45) is 23.5 Å². The van der Waals surface area contributed by atoms with E-state index in [0.717, 1.165) is 24.0 Å². The van der Waals surface area contributed by atoms with Gasteiger partial charge in [-0.15, -0.1) is 0 Å². The van der Waals surface area contributed by atoms with E-state index >= 15 is 0 Å². The van der Waals surface area contributed by atoms with Crippen LogP contribution in [0.3, 0.4) is 0 Å². The maximum absolute atomic E-state index is 13.3. The zero-order valence-electron chi connectivity index (χ0n) is 11.2. The maximum Gasteiger partial charge on any atom is 0.142 e. The molecule has 3 rings (SSSR count). The van der Waals surface area contributed by atoms with E-state index in [1.165, 1.54) is 18.6 Å². The van der Waals surface area contributed by atoms with Gasteiger partial charge in [0.05, 0.1) is 0 Å². The van der Waals surface area contributed by atoms with Crippen LogP contribution in [0.15, 0.2) is 18.2 Å². The normalized spacial score (nSPS) is 32.8. The van der Waals surface area contributed by atoms with Crippen LogP contribution in [-0.4, -0.2) is 11.8 Å². The average Bonchev–Trinajstić information content (AvgIpc) is 2.94. The highest BCUT2D eigenvalue weighted by Crippen LogP contribution is 2.48. The fourth-order valence-corrected chi connectivity index (χ4v) is 3.95. The number of halogens is 1. The van der Waals surface area contributed by atoms with Gasteiger partial charge >= 0.3 is 0 Å². The van der Waals surface area contributed by atoms with Gasteiger partial charge in [-0.1, -0.05) is 6.07 Å². The van der Waals surface area contributed by atoms with Crippen molar-refractivity contribution in [3.8, 4) is 0 Å². The van der Waals surface area contributed by atoms with E-state index in [1.54, 1.807) is 6.07 Å². The van der Waals surface area contributed by atoms with Crippen LogP contribution in [0.5, 0.6) is 0 Å². The summed E-state index contributed by atoms with van der Waals surface area (Å²) < 4.78 is 13.3. The molecule has 2 aliphatic rings. The summed E-state index contributed by atoms with van der Waals surface area (Å²) in [4.78, 5) is 12.5. The molecule has 0 aromatic heterocycles. The van der Waals surface area contributed by atoms with Crippen molar-refractivity contribution in [2.45, 2.75) is 38.6 Å². The van der Waals surface area contributed by atoms with Gasteiger partial charge in [-0.05, 0) is 61.3 Å². The Morgan fingerprint density at radius 2 is 2.11 bits per heavy atom. The molecule has 0 radical (unpaired) electrons. The summed E-state index contributed by atoms with van der Waals surface area (Å²) in [6.07, 6.45) is 3.75. The number of hydrogen-bond acceptors (Lipinski definition) is 2. The van der Waals surface area contributed by atoms with Gasteiger partial charge in [0.15, 0.2) is 0 Å². The van der Waals surface area contributed by atoms with Crippen LogP contribution >= 0.6 is 0 Å². The average molecular weight is 261 g/mol. The summed E-state index contributed by atoms with van der Waals surface area (Å²) in [5, 5.41) is 0. The van der Waals surface area contributed by atoms with Crippen LogP contribution in [0.4, 0.5) is 4.39 Å². The first kappa shape index (κ1) is 12.8. The molecule has 0 saturated heterocycles. The standard InChI is InChI=1S/C16H20FNO/c1-9-2-5-13(17)7-12(9)8-14(19)15-10-3-4-11(6-10)16(15)18/h2,5,7,10-11,15-16H,3-4,6,8,18H2,1H3. The number of nitrogens with two attached hydrogens (primary N) is 1. The van der Waals surface area contributed by atoms with Crippen LogP contribution in [0.25, 0.3) is 0 Å². The Labute approximate surface area is 113 Å². The summed E-state index contributed by atoms with van der Waals surface area (Å²) in [6.45, 7) is 1.92. The predicted octanol–water partition coefficient (Wildman–Crippen LogP) is 2.62. The van der Waals surface area contributed by atoms with Gasteiger partial charge in [-0.25, -0.2) is 4.39 Å². The molecule has 2 saturated carbocycles. The molecule has 102 valence electrons. The Morgan fingerprint density at radius 3 is 2.79 bits per heavy atom. The topological polar surface area (TPSA) is 43.1 Å². The third-order valence-corrected chi connectivity index (χ3v) is 5.03. The van der Waals surface area contributed by atoms with Crippen molar-refractivity contribution in [1.82, 2.24) is 0 Å². The first-order valence-electron chi connectivity index (χ1n) is 7.09. The van der Waals surface area contributed by atoms with Gasteiger partial charge in [0, 0.05) is 18.4 Å². The lowest BCUT2D eigenvalue weighted by atomic mass is 9.80. The third kappa shape index (κ3) is 2.20. The molecule has 4 unspecified atom stereocenters. The highest BCUT2D eigenvalue weighted by molar-refractivity contribution is 5.85. The van der Waals surface area contributed by atoms with E-state index in [-0.39, 0.29) is 23.6 Å². The minimum Gasteiger partial charge on any atom is -0.327 e. The fourth-order valence-electron chi connectivity index (χ4n) is 3.95. The molecular formula is C16H20FNO. The lowest BCUT2D eigenvalue weighted by molar-refractivity contribution is -0.124. The quantitative estimate of drug-likeness (QED) is 0.909. The van der Waals surface area contributed by atoms with E-state index in [4.69, 9.17) is 5.73 Å². The number of aryl methyl sites for hydroxylation is 1. The van der Waals surface area contributed by atoms with Crippen molar-refractivity contribution in [3.05, 3.63) is 35.1 Å².